The van der Waals surface area contributed by atoms with E-state index in [2.05, 4.69) is 38.1 Å². The monoisotopic (exact) mass is 338 g/mol. The topological polar surface area (TPSA) is 20.2 Å². The molecule has 136 valence electrons. The lowest BCUT2D eigenvalue weighted by molar-refractivity contribution is 0.465. The van der Waals surface area contributed by atoms with E-state index >= 15 is 0 Å². The van der Waals surface area contributed by atoms with Crippen molar-refractivity contribution in [1.29, 1.82) is 0 Å². The lowest BCUT2D eigenvalue weighted by Gasteiger charge is -2.17. The fraction of sp³-hybridized carbons (Fsp3) is 0.500. The van der Waals surface area contributed by atoms with Crippen LogP contribution in [0.15, 0.2) is 48.5 Å². The van der Waals surface area contributed by atoms with E-state index in [0.29, 0.717) is 11.7 Å². The van der Waals surface area contributed by atoms with Crippen LogP contribution in [-0.4, -0.2) is 5.11 Å². The highest BCUT2D eigenvalue weighted by Gasteiger charge is 2.12. The van der Waals surface area contributed by atoms with Gasteiger partial charge in [-0.2, -0.15) is 0 Å². The van der Waals surface area contributed by atoms with Crippen LogP contribution in [0.1, 0.15) is 81.4 Å². The number of aryl methyl sites for hydroxylation is 1. The summed E-state index contributed by atoms with van der Waals surface area (Å²) in [7, 11) is 0. The molecular formula is C24H34O. The number of hydrogen-bond acceptors (Lipinski definition) is 1. The fourth-order valence-corrected chi connectivity index (χ4v) is 3.64. The average molecular weight is 339 g/mol. The first-order valence-electron chi connectivity index (χ1n) is 10.1. The fourth-order valence-electron chi connectivity index (χ4n) is 3.64. The number of phenolic OH excluding ortho intramolecular Hbond substituents is 1. The molecule has 25 heavy (non-hydrogen) atoms. The molecule has 1 atom stereocenters. The Bertz CT molecular complexity index is 617. The van der Waals surface area contributed by atoms with Crippen molar-refractivity contribution in [3.05, 3.63) is 65.2 Å². The molecule has 0 bridgehead atoms. The predicted octanol–water partition coefficient (Wildman–Crippen LogP) is 7.03. The summed E-state index contributed by atoms with van der Waals surface area (Å²) in [4.78, 5) is 0. The van der Waals surface area contributed by atoms with Crippen molar-refractivity contribution >= 4 is 0 Å². The van der Waals surface area contributed by atoms with Gasteiger partial charge in [0.05, 0.1) is 0 Å². The third-order valence-electron chi connectivity index (χ3n) is 5.15. The van der Waals surface area contributed by atoms with Gasteiger partial charge in [-0.05, 0) is 47.9 Å². The quantitative estimate of drug-likeness (QED) is 0.436. The number of aromatic hydroxyl groups is 1. The Labute approximate surface area is 154 Å². The maximum atomic E-state index is 10.0. The second kappa shape index (κ2) is 11.0. The molecule has 0 aliphatic carbocycles. The van der Waals surface area contributed by atoms with Gasteiger partial charge in [-0.3, -0.25) is 0 Å². The van der Waals surface area contributed by atoms with Crippen molar-refractivity contribution < 1.29 is 5.11 Å². The Hall–Kier alpha value is -1.76. The molecule has 0 aliphatic rings. The Balaban J connectivity index is 1.88. The van der Waals surface area contributed by atoms with Gasteiger partial charge in [0.2, 0.25) is 0 Å². The van der Waals surface area contributed by atoms with Gasteiger partial charge in [-0.1, -0.05) is 94.8 Å². The molecule has 2 aromatic rings. The van der Waals surface area contributed by atoms with Crippen LogP contribution in [0.25, 0.3) is 0 Å². The molecule has 1 heteroatoms. The summed E-state index contributed by atoms with van der Waals surface area (Å²) in [5.74, 6) is 0.841. The molecular weight excluding hydrogens is 304 g/mol. The van der Waals surface area contributed by atoms with E-state index in [1.54, 1.807) is 6.07 Å². The van der Waals surface area contributed by atoms with E-state index in [9.17, 15) is 5.11 Å². The van der Waals surface area contributed by atoms with Crippen LogP contribution >= 0.6 is 0 Å². The van der Waals surface area contributed by atoms with Crippen LogP contribution in [-0.2, 0) is 12.8 Å². The summed E-state index contributed by atoms with van der Waals surface area (Å²) in [6, 6.07) is 16.6. The number of unbranched alkanes of at least 4 members (excludes halogenated alkanes) is 6. The lowest BCUT2D eigenvalue weighted by Crippen LogP contribution is -2.03. The molecule has 0 aromatic heterocycles. The summed E-state index contributed by atoms with van der Waals surface area (Å²) in [6.45, 7) is 4.54. The molecule has 0 heterocycles. The average Bonchev–Trinajstić information content (AvgIpc) is 2.63. The lowest BCUT2D eigenvalue weighted by atomic mass is 9.88. The minimum absolute atomic E-state index is 0.416. The summed E-state index contributed by atoms with van der Waals surface area (Å²) in [5.41, 5.74) is 3.97. The van der Waals surface area contributed by atoms with E-state index in [1.165, 1.54) is 62.5 Å². The van der Waals surface area contributed by atoms with Gasteiger partial charge in [-0.25, -0.2) is 0 Å². The summed E-state index contributed by atoms with van der Waals surface area (Å²) in [6.07, 6.45) is 11.5. The van der Waals surface area contributed by atoms with Gasteiger partial charge in [0, 0.05) is 0 Å². The first-order valence-corrected chi connectivity index (χ1v) is 10.1. The van der Waals surface area contributed by atoms with Gasteiger partial charge in [0.25, 0.3) is 0 Å². The number of para-hydroxylation sites is 1. The summed E-state index contributed by atoms with van der Waals surface area (Å²) in [5, 5.41) is 10.0. The Kier molecular flexibility index (Phi) is 8.59. The van der Waals surface area contributed by atoms with Gasteiger partial charge in [0.15, 0.2) is 0 Å². The molecule has 0 fully saturated rings. The van der Waals surface area contributed by atoms with Crippen molar-refractivity contribution in [2.75, 3.05) is 0 Å². The molecule has 2 aromatic carbocycles. The number of benzene rings is 2. The van der Waals surface area contributed by atoms with Crippen molar-refractivity contribution in [3.63, 3.8) is 0 Å². The van der Waals surface area contributed by atoms with Gasteiger partial charge < -0.3 is 5.11 Å². The first-order chi connectivity index (χ1) is 12.2. The first kappa shape index (κ1) is 19.6. The minimum atomic E-state index is 0.416. The van der Waals surface area contributed by atoms with E-state index in [0.717, 1.165) is 12.0 Å². The molecule has 0 radical (unpaired) electrons. The second-order valence-electron chi connectivity index (χ2n) is 7.30. The molecule has 2 rings (SSSR count). The molecule has 0 saturated heterocycles. The largest absolute Gasteiger partial charge is 0.508 e. The molecule has 0 spiro atoms. The molecule has 1 N–H and O–H groups in total. The number of phenols is 1. The number of rotatable bonds is 11. The highest BCUT2D eigenvalue weighted by Crippen LogP contribution is 2.28. The Morgan fingerprint density at radius 3 is 2.08 bits per heavy atom. The third-order valence-corrected chi connectivity index (χ3v) is 5.15. The van der Waals surface area contributed by atoms with Gasteiger partial charge in [0.1, 0.15) is 5.75 Å². The van der Waals surface area contributed by atoms with E-state index in [4.69, 9.17) is 0 Å². The van der Waals surface area contributed by atoms with Crippen molar-refractivity contribution in [2.24, 2.45) is 0 Å². The van der Waals surface area contributed by atoms with Crippen molar-refractivity contribution in [2.45, 2.75) is 77.6 Å². The molecule has 0 aliphatic heterocycles. The Morgan fingerprint density at radius 2 is 1.36 bits per heavy atom. The Morgan fingerprint density at radius 1 is 0.760 bits per heavy atom. The third kappa shape index (κ3) is 6.57. The van der Waals surface area contributed by atoms with Crippen LogP contribution < -0.4 is 0 Å². The highest BCUT2D eigenvalue weighted by molar-refractivity contribution is 5.36. The maximum Gasteiger partial charge on any atom is 0.118 e. The zero-order valence-electron chi connectivity index (χ0n) is 16.0. The van der Waals surface area contributed by atoms with E-state index in [1.807, 2.05) is 18.2 Å². The normalized spacial score (nSPS) is 12.2. The van der Waals surface area contributed by atoms with E-state index < -0.39 is 0 Å². The zero-order valence-corrected chi connectivity index (χ0v) is 16.0. The SMILES string of the molecule is CCCCCCCCCc1ccccc1C(C)Cc1ccccc1O. The van der Waals surface area contributed by atoms with Crippen LogP contribution in [0, 0.1) is 0 Å². The summed E-state index contributed by atoms with van der Waals surface area (Å²) < 4.78 is 0. The zero-order chi connectivity index (χ0) is 17.9. The molecule has 0 amide bonds. The van der Waals surface area contributed by atoms with Crippen LogP contribution in [0.3, 0.4) is 0 Å². The van der Waals surface area contributed by atoms with Crippen molar-refractivity contribution in [1.82, 2.24) is 0 Å². The molecule has 0 saturated carbocycles. The molecule has 1 nitrogen and oxygen atoms in total. The van der Waals surface area contributed by atoms with Crippen LogP contribution in [0.2, 0.25) is 0 Å². The minimum Gasteiger partial charge on any atom is -0.508 e. The van der Waals surface area contributed by atoms with Crippen molar-refractivity contribution in [3.8, 4) is 5.75 Å². The van der Waals surface area contributed by atoms with Gasteiger partial charge in [-0.15, -0.1) is 0 Å². The highest BCUT2D eigenvalue weighted by atomic mass is 16.3. The predicted molar refractivity (Wildman–Crippen MR) is 108 cm³/mol. The van der Waals surface area contributed by atoms with Crippen LogP contribution in [0.4, 0.5) is 0 Å². The van der Waals surface area contributed by atoms with E-state index in [-0.39, 0.29) is 0 Å². The van der Waals surface area contributed by atoms with Crippen LogP contribution in [0.5, 0.6) is 5.75 Å². The maximum absolute atomic E-state index is 10.0. The van der Waals surface area contributed by atoms with Gasteiger partial charge >= 0.3 is 0 Å². The number of hydrogen-bond donors (Lipinski definition) is 1. The molecule has 1 unspecified atom stereocenters. The summed E-state index contributed by atoms with van der Waals surface area (Å²) >= 11 is 0. The standard InChI is InChI=1S/C24H34O/c1-3-4-5-6-7-8-9-14-21-15-10-12-17-23(21)20(2)19-22-16-11-13-18-24(22)25/h10-13,15-18,20,25H,3-9,14,19H2,1-2H3. The smallest absolute Gasteiger partial charge is 0.118 e. The second-order valence-corrected chi connectivity index (χ2v) is 7.30.